The van der Waals surface area contributed by atoms with Crippen molar-refractivity contribution in [2.75, 3.05) is 7.11 Å². The summed E-state index contributed by atoms with van der Waals surface area (Å²) < 4.78 is 11.2. The second-order valence-corrected chi connectivity index (χ2v) is 4.93. The van der Waals surface area contributed by atoms with Gasteiger partial charge >= 0.3 is 5.97 Å². The highest BCUT2D eigenvalue weighted by molar-refractivity contribution is 9.10. The maximum absolute atomic E-state index is 11.3. The van der Waals surface area contributed by atoms with E-state index in [0.717, 1.165) is 21.2 Å². The average molecular weight is 309 g/mol. The molecule has 0 aliphatic rings. The van der Waals surface area contributed by atoms with Gasteiger partial charge in [0.25, 0.3) is 0 Å². The lowest BCUT2D eigenvalue weighted by Crippen LogP contribution is -1.98. The van der Waals surface area contributed by atoms with Crippen molar-refractivity contribution in [3.63, 3.8) is 0 Å². The topological polar surface area (TPSA) is 39.4 Å². The van der Waals surface area contributed by atoms with Crippen LogP contribution >= 0.6 is 15.9 Å². The minimum absolute atomic E-state index is 0.215. The molecule has 3 nitrogen and oxygen atoms in total. The van der Waals surface area contributed by atoms with Crippen molar-refractivity contribution in [1.82, 2.24) is 0 Å². The largest absolute Gasteiger partial charge is 0.463 e. The molecule has 4 heteroatoms. The molecule has 0 N–H and O–H groups in total. The van der Waals surface area contributed by atoms with E-state index in [1.807, 2.05) is 26.0 Å². The van der Waals surface area contributed by atoms with E-state index in [-0.39, 0.29) is 5.76 Å². The quantitative estimate of drug-likeness (QED) is 0.784. The van der Waals surface area contributed by atoms with Crippen LogP contribution in [0.2, 0.25) is 0 Å². The maximum Gasteiger partial charge on any atom is 0.373 e. The van der Waals surface area contributed by atoms with Crippen LogP contribution in [0.1, 0.15) is 21.7 Å². The first-order valence-electron chi connectivity index (χ1n) is 5.48. The summed E-state index contributed by atoms with van der Waals surface area (Å²) in [5.41, 5.74) is 3.18. The van der Waals surface area contributed by atoms with Gasteiger partial charge in [-0.15, -0.1) is 0 Å². The Kier molecular flexibility index (Phi) is 3.57. The Morgan fingerprint density at radius 1 is 1.22 bits per heavy atom. The molecule has 0 spiro atoms. The van der Waals surface area contributed by atoms with Gasteiger partial charge in [-0.1, -0.05) is 15.9 Å². The Morgan fingerprint density at radius 3 is 2.61 bits per heavy atom. The van der Waals surface area contributed by atoms with Gasteiger partial charge in [0.1, 0.15) is 5.76 Å². The van der Waals surface area contributed by atoms with E-state index in [1.54, 1.807) is 12.1 Å². The lowest BCUT2D eigenvalue weighted by molar-refractivity contribution is 0.0566. The summed E-state index contributed by atoms with van der Waals surface area (Å²) in [5.74, 6) is 0.420. The van der Waals surface area contributed by atoms with Crippen LogP contribution in [0.25, 0.3) is 11.3 Å². The van der Waals surface area contributed by atoms with Gasteiger partial charge in [-0.05, 0) is 49.2 Å². The Bertz CT molecular complexity index is 599. The molecule has 0 radical (unpaired) electrons. The Balaban J connectivity index is 2.46. The highest BCUT2D eigenvalue weighted by atomic mass is 79.9. The molecular formula is C14H13BrO3. The van der Waals surface area contributed by atoms with Gasteiger partial charge in [-0.3, -0.25) is 0 Å². The molecular weight excluding hydrogens is 296 g/mol. The van der Waals surface area contributed by atoms with E-state index in [0.29, 0.717) is 5.76 Å². The number of hydrogen-bond acceptors (Lipinski definition) is 3. The lowest BCUT2D eigenvalue weighted by Gasteiger charge is -2.06. The molecule has 1 aromatic heterocycles. The first-order chi connectivity index (χ1) is 8.52. The molecule has 1 heterocycles. The van der Waals surface area contributed by atoms with Crippen molar-refractivity contribution in [3.8, 4) is 11.3 Å². The second kappa shape index (κ2) is 4.98. The molecule has 0 aliphatic heterocycles. The number of methoxy groups -OCH3 is 1. The van der Waals surface area contributed by atoms with Crippen LogP contribution in [0.5, 0.6) is 0 Å². The minimum atomic E-state index is -0.465. The van der Waals surface area contributed by atoms with Crippen LogP contribution in [0.3, 0.4) is 0 Å². The molecule has 0 aliphatic carbocycles. The van der Waals surface area contributed by atoms with Crippen molar-refractivity contribution in [1.29, 1.82) is 0 Å². The van der Waals surface area contributed by atoms with Crippen LogP contribution < -0.4 is 0 Å². The molecule has 2 aromatic rings. The number of hydrogen-bond donors (Lipinski definition) is 0. The minimum Gasteiger partial charge on any atom is -0.463 e. The van der Waals surface area contributed by atoms with Crippen molar-refractivity contribution in [2.24, 2.45) is 0 Å². The van der Waals surface area contributed by atoms with E-state index in [2.05, 4.69) is 20.7 Å². The molecule has 0 amide bonds. The van der Waals surface area contributed by atoms with Gasteiger partial charge < -0.3 is 9.15 Å². The monoisotopic (exact) mass is 308 g/mol. The number of esters is 1. The predicted molar refractivity (Wildman–Crippen MR) is 72.7 cm³/mol. The number of furan rings is 1. The molecule has 0 fully saturated rings. The molecule has 18 heavy (non-hydrogen) atoms. The van der Waals surface area contributed by atoms with E-state index in [1.165, 1.54) is 7.11 Å². The summed E-state index contributed by atoms with van der Waals surface area (Å²) in [6.45, 7) is 4.01. The van der Waals surface area contributed by atoms with Crippen molar-refractivity contribution < 1.29 is 13.9 Å². The number of benzene rings is 1. The maximum atomic E-state index is 11.3. The molecule has 0 saturated heterocycles. The van der Waals surface area contributed by atoms with E-state index in [9.17, 15) is 4.79 Å². The standard InChI is InChI=1S/C14H13BrO3/c1-8-7-11(15)9(2)6-10(8)12-4-5-13(18-12)14(16)17-3/h4-7H,1-3H3. The zero-order chi connectivity index (χ0) is 13.3. The van der Waals surface area contributed by atoms with Gasteiger partial charge in [-0.2, -0.15) is 0 Å². The van der Waals surface area contributed by atoms with Crippen molar-refractivity contribution >= 4 is 21.9 Å². The summed E-state index contributed by atoms with van der Waals surface area (Å²) in [5, 5.41) is 0. The van der Waals surface area contributed by atoms with Crippen LogP contribution in [0.4, 0.5) is 0 Å². The SMILES string of the molecule is COC(=O)c1ccc(-c2cc(C)c(Br)cc2C)o1. The van der Waals surface area contributed by atoms with Gasteiger partial charge in [-0.25, -0.2) is 4.79 Å². The van der Waals surface area contributed by atoms with Crippen LogP contribution in [-0.4, -0.2) is 13.1 Å². The first-order valence-corrected chi connectivity index (χ1v) is 6.27. The lowest BCUT2D eigenvalue weighted by atomic mass is 10.0. The van der Waals surface area contributed by atoms with Gasteiger partial charge in [0.15, 0.2) is 0 Å². The molecule has 94 valence electrons. The fourth-order valence-electron chi connectivity index (χ4n) is 1.74. The summed E-state index contributed by atoms with van der Waals surface area (Å²) >= 11 is 3.49. The van der Waals surface area contributed by atoms with Gasteiger partial charge in [0, 0.05) is 10.0 Å². The molecule has 0 bridgehead atoms. The third kappa shape index (κ3) is 2.34. The van der Waals surface area contributed by atoms with E-state index < -0.39 is 5.97 Å². The fourth-order valence-corrected chi connectivity index (χ4v) is 2.20. The smallest absolute Gasteiger partial charge is 0.373 e. The number of carbonyl (C=O) groups excluding carboxylic acids is 1. The number of ether oxygens (including phenoxy) is 1. The van der Waals surface area contributed by atoms with E-state index >= 15 is 0 Å². The fraction of sp³-hybridized carbons (Fsp3) is 0.214. The average Bonchev–Trinajstić information content (AvgIpc) is 2.82. The summed E-state index contributed by atoms with van der Waals surface area (Å²) in [4.78, 5) is 11.3. The van der Waals surface area contributed by atoms with Crippen LogP contribution in [0.15, 0.2) is 33.2 Å². The zero-order valence-electron chi connectivity index (χ0n) is 10.4. The third-order valence-corrected chi connectivity index (χ3v) is 3.62. The van der Waals surface area contributed by atoms with Gasteiger partial charge in [0.05, 0.1) is 7.11 Å². The molecule has 2 rings (SSSR count). The molecule has 0 atom stereocenters. The number of carbonyl (C=O) groups is 1. The number of aryl methyl sites for hydroxylation is 2. The molecule has 1 aromatic carbocycles. The highest BCUT2D eigenvalue weighted by Gasteiger charge is 2.14. The Labute approximate surface area is 114 Å². The Hall–Kier alpha value is -1.55. The number of halogens is 1. The van der Waals surface area contributed by atoms with Crippen LogP contribution in [-0.2, 0) is 4.74 Å². The second-order valence-electron chi connectivity index (χ2n) is 4.07. The normalized spacial score (nSPS) is 10.4. The summed E-state index contributed by atoms with van der Waals surface area (Å²) in [7, 11) is 1.33. The zero-order valence-corrected chi connectivity index (χ0v) is 12.0. The van der Waals surface area contributed by atoms with Crippen molar-refractivity contribution in [2.45, 2.75) is 13.8 Å². The third-order valence-electron chi connectivity index (χ3n) is 2.76. The first kappa shape index (κ1) is 12.9. The molecule has 0 unspecified atom stereocenters. The van der Waals surface area contributed by atoms with Crippen molar-refractivity contribution in [3.05, 3.63) is 45.6 Å². The summed E-state index contributed by atoms with van der Waals surface area (Å²) in [6, 6.07) is 7.46. The van der Waals surface area contributed by atoms with Gasteiger partial charge in [0.2, 0.25) is 5.76 Å². The predicted octanol–water partition coefficient (Wildman–Crippen LogP) is 4.11. The molecule has 0 saturated carbocycles. The summed E-state index contributed by atoms with van der Waals surface area (Å²) in [6.07, 6.45) is 0. The highest BCUT2D eigenvalue weighted by Crippen LogP contribution is 2.30. The van der Waals surface area contributed by atoms with Crippen LogP contribution in [0, 0.1) is 13.8 Å². The number of rotatable bonds is 2. The van der Waals surface area contributed by atoms with E-state index in [4.69, 9.17) is 4.42 Å². The Morgan fingerprint density at radius 2 is 1.94 bits per heavy atom.